The average Bonchev–Trinajstić information content (AvgIpc) is 3.14. The van der Waals surface area contributed by atoms with E-state index in [1.807, 2.05) is 23.1 Å². The number of benzene rings is 1. The van der Waals surface area contributed by atoms with E-state index in [4.69, 9.17) is 0 Å². The third-order valence-electron chi connectivity index (χ3n) is 4.43. The van der Waals surface area contributed by atoms with Crippen molar-refractivity contribution in [2.75, 3.05) is 18.0 Å². The van der Waals surface area contributed by atoms with Crippen molar-refractivity contribution in [3.63, 3.8) is 0 Å². The third kappa shape index (κ3) is 2.73. The van der Waals surface area contributed by atoms with Crippen molar-refractivity contribution in [2.45, 2.75) is 24.8 Å². The molecule has 0 radical (unpaired) electrons. The van der Waals surface area contributed by atoms with Crippen molar-refractivity contribution in [1.29, 1.82) is 0 Å². The van der Waals surface area contributed by atoms with Crippen LogP contribution in [0.4, 0.5) is 9.93 Å². The summed E-state index contributed by atoms with van der Waals surface area (Å²) in [5.41, 5.74) is 0.360. The number of carbonyl (C=O) groups is 2. The quantitative estimate of drug-likeness (QED) is 0.821. The van der Waals surface area contributed by atoms with Crippen LogP contribution in [-0.4, -0.2) is 40.8 Å². The maximum atomic E-state index is 12.1. The first-order chi connectivity index (χ1) is 11.6. The summed E-state index contributed by atoms with van der Waals surface area (Å²) in [7, 11) is 0. The third-order valence-corrected chi connectivity index (χ3v) is 5.42. The minimum absolute atomic E-state index is 0.244. The first-order valence-electron chi connectivity index (χ1n) is 7.89. The van der Waals surface area contributed by atoms with Gasteiger partial charge in [0.25, 0.3) is 5.91 Å². The molecule has 0 saturated carbocycles. The summed E-state index contributed by atoms with van der Waals surface area (Å²) in [5.74, 6) is -0.244. The van der Waals surface area contributed by atoms with E-state index >= 15 is 0 Å². The largest absolute Gasteiger partial charge is 0.344 e. The highest BCUT2D eigenvalue weighted by atomic mass is 32.1. The van der Waals surface area contributed by atoms with E-state index < -0.39 is 11.6 Å². The number of piperidine rings is 1. The minimum atomic E-state index is -0.833. The fourth-order valence-electron chi connectivity index (χ4n) is 3.25. The van der Waals surface area contributed by atoms with Crippen molar-refractivity contribution in [2.24, 2.45) is 0 Å². The van der Waals surface area contributed by atoms with Crippen LogP contribution in [-0.2, 0) is 11.2 Å². The van der Waals surface area contributed by atoms with Crippen LogP contribution >= 0.6 is 11.3 Å². The van der Waals surface area contributed by atoms with Crippen molar-refractivity contribution >= 4 is 28.4 Å². The van der Waals surface area contributed by atoms with Crippen molar-refractivity contribution in [3.05, 3.63) is 40.9 Å². The first-order valence-corrected chi connectivity index (χ1v) is 8.71. The van der Waals surface area contributed by atoms with E-state index in [2.05, 4.69) is 33.0 Å². The van der Waals surface area contributed by atoms with Gasteiger partial charge in [-0.1, -0.05) is 41.7 Å². The zero-order valence-corrected chi connectivity index (χ0v) is 13.8. The maximum absolute atomic E-state index is 12.1. The summed E-state index contributed by atoms with van der Waals surface area (Å²) in [6.45, 7) is 1.25. The number of nitrogens with zero attached hydrogens (tertiary/aromatic N) is 3. The van der Waals surface area contributed by atoms with Crippen molar-refractivity contribution in [3.8, 4) is 0 Å². The van der Waals surface area contributed by atoms with Gasteiger partial charge in [-0.3, -0.25) is 10.1 Å². The molecule has 3 amide bonds. The number of rotatable bonds is 3. The second-order valence-corrected chi connectivity index (χ2v) is 7.20. The molecule has 1 unspecified atom stereocenters. The van der Waals surface area contributed by atoms with Gasteiger partial charge < -0.3 is 10.2 Å². The summed E-state index contributed by atoms with van der Waals surface area (Å²) < 4.78 is 0. The monoisotopic (exact) mass is 343 g/mol. The van der Waals surface area contributed by atoms with E-state index in [-0.39, 0.29) is 5.91 Å². The number of amides is 3. The number of carbonyl (C=O) groups excluding carboxylic acids is 2. The smallest absolute Gasteiger partial charge is 0.322 e. The van der Waals surface area contributed by atoms with Gasteiger partial charge >= 0.3 is 6.03 Å². The number of imide groups is 1. The van der Waals surface area contributed by atoms with Gasteiger partial charge in [-0.2, -0.15) is 0 Å². The Balaban J connectivity index is 1.50. The molecule has 4 rings (SSSR count). The van der Waals surface area contributed by atoms with Gasteiger partial charge in [0, 0.05) is 13.0 Å². The Morgan fingerprint density at radius 1 is 1.21 bits per heavy atom. The Bertz CT molecular complexity index is 778. The van der Waals surface area contributed by atoms with E-state index in [1.165, 1.54) is 16.9 Å². The minimum Gasteiger partial charge on any atom is -0.344 e. The molecule has 1 aromatic carbocycles. The molecule has 24 heavy (non-hydrogen) atoms. The average molecular weight is 343 g/mol. The highest BCUT2D eigenvalue weighted by Gasteiger charge is 2.49. The molecule has 1 aromatic heterocycles. The normalized spacial score (nSPS) is 23.4. The summed E-state index contributed by atoms with van der Waals surface area (Å²) in [6, 6.07) is 9.72. The molecule has 2 aromatic rings. The summed E-state index contributed by atoms with van der Waals surface area (Å²) >= 11 is 1.54. The number of urea groups is 1. The number of aromatic nitrogens is 2. The predicted molar refractivity (Wildman–Crippen MR) is 90.0 cm³/mol. The zero-order chi connectivity index (χ0) is 16.6. The van der Waals surface area contributed by atoms with Gasteiger partial charge in [-0.15, -0.1) is 10.2 Å². The highest BCUT2D eigenvalue weighted by Crippen LogP contribution is 2.30. The van der Waals surface area contributed by atoms with Crippen LogP contribution in [0.2, 0.25) is 0 Å². The number of hydrogen-bond acceptors (Lipinski definition) is 6. The van der Waals surface area contributed by atoms with Gasteiger partial charge in [0.2, 0.25) is 5.13 Å². The molecule has 3 heterocycles. The Kier molecular flexibility index (Phi) is 3.68. The first kappa shape index (κ1) is 15.1. The molecule has 2 saturated heterocycles. The second kappa shape index (κ2) is 5.86. The summed E-state index contributed by atoms with van der Waals surface area (Å²) in [4.78, 5) is 25.7. The zero-order valence-electron chi connectivity index (χ0n) is 13.0. The Morgan fingerprint density at radius 3 is 2.79 bits per heavy atom. The molecule has 124 valence electrons. The van der Waals surface area contributed by atoms with Gasteiger partial charge in [0.1, 0.15) is 10.5 Å². The van der Waals surface area contributed by atoms with Gasteiger partial charge in [0.05, 0.1) is 6.54 Å². The lowest BCUT2D eigenvalue weighted by molar-refractivity contribution is -0.124. The molecule has 8 heteroatoms. The standard InChI is InChI=1S/C16H17N5O2S/c22-13-16(18-14(23)17-13)7-4-8-21(10-16)15-20-19-12(24-15)9-11-5-2-1-3-6-11/h1-3,5-6H,4,7-10H2,(H2,17,18,22,23). The van der Waals surface area contributed by atoms with Gasteiger partial charge in [-0.05, 0) is 18.4 Å². The van der Waals surface area contributed by atoms with Crippen LogP contribution in [0.25, 0.3) is 0 Å². The van der Waals surface area contributed by atoms with Crippen molar-refractivity contribution in [1.82, 2.24) is 20.8 Å². The van der Waals surface area contributed by atoms with Crippen molar-refractivity contribution < 1.29 is 9.59 Å². The lowest BCUT2D eigenvalue weighted by atomic mass is 9.89. The molecule has 0 aliphatic carbocycles. The lowest BCUT2D eigenvalue weighted by Crippen LogP contribution is -2.58. The van der Waals surface area contributed by atoms with Crippen LogP contribution in [0.3, 0.4) is 0 Å². The molecule has 1 spiro atoms. The van der Waals surface area contributed by atoms with E-state index in [9.17, 15) is 9.59 Å². The molecule has 7 nitrogen and oxygen atoms in total. The highest BCUT2D eigenvalue weighted by molar-refractivity contribution is 7.15. The molecular weight excluding hydrogens is 326 g/mol. The molecule has 2 N–H and O–H groups in total. The van der Waals surface area contributed by atoms with E-state index in [0.29, 0.717) is 13.0 Å². The lowest BCUT2D eigenvalue weighted by Gasteiger charge is -2.37. The molecule has 1 atom stereocenters. The fraction of sp³-hybridized carbons (Fsp3) is 0.375. The van der Waals surface area contributed by atoms with Crippen LogP contribution in [0.5, 0.6) is 0 Å². The second-order valence-electron chi connectivity index (χ2n) is 6.16. The molecule has 2 fully saturated rings. The Labute approximate surface area is 143 Å². The molecule has 0 bridgehead atoms. The topological polar surface area (TPSA) is 87.2 Å². The number of hydrogen-bond donors (Lipinski definition) is 2. The molecule has 2 aliphatic heterocycles. The van der Waals surface area contributed by atoms with Crippen LogP contribution in [0, 0.1) is 0 Å². The molecular formula is C16H17N5O2S. The van der Waals surface area contributed by atoms with E-state index in [1.54, 1.807) is 0 Å². The van der Waals surface area contributed by atoms with Gasteiger partial charge in [0.15, 0.2) is 0 Å². The number of anilines is 1. The number of nitrogens with one attached hydrogen (secondary N) is 2. The Hall–Kier alpha value is -2.48. The SMILES string of the molecule is O=C1NC(=O)C2(CCCN(c3nnc(Cc4ccccc4)s3)C2)N1. The summed E-state index contributed by atoms with van der Waals surface area (Å²) in [5, 5.41) is 15.4. The van der Waals surface area contributed by atoms with E-state index in [0.717, 1.165) is 29.5 Å². The van der Waals surface area contributed by atoms with Crippen LogP contribution in [0.1, 0.15) is 23.4 Å². The van der Waals surface area contributed by atoms with Gasteiger partial charge in [-0.25, -0.2) is 4.79 Å². The molecule has 2 aliphatic rings. The van der Waals surface area contributed by atoms with Crippen LogP contribution < -0.4 is 15.5 Å². The van der Waals surface area contributed by atoms with Crippen LogP contribution in [0.15, 0.2) is 30.3 Å². The Morgan fingerprint density at radius 2 is 2.04 bits per heavy atom. The predicted octanol–water partition coefficient (Wildman–Crippen LogP) is 1.31. The fourth-order valence-corrected chi connectivity index (χ4v) is 4.15. The maximum Gasteiger partial charge on any atom is 0.322 e. The summed E-state index contributed by atoms with van der Waals surface area (Å²) in [6.07, 6.45) is 2.22.